The number of aryl methyl sites for hydroxylation is 1. The van der Waals surface area contributed by atoms with Gasteiger partial charge in [0.05, 0.1) is 7.11 Å². The number of urea groups is 1. The highest BCUT2D eigenvalue weighted by Crippen LogP contribution is 2.18. The van der Waals surface area contributed by atoms with Crippen molar-refractivity contribution in [1.82, 2.24) is 10.2 Å². The van der Waals surface area contributed by atoms with E-state index in [9.17, 15) is 4.79 Å². The van der Waals surface area contributed by atoms with Crippen LogP contribution in [0.2, 0.25) is 0 Å². The van der Waals surface area contributed by atoms with Crippen LogP contribution in [0.3, 0.4) is 0 Å². The number of carbonyl (C=O) groups is 1. The molecule has 0 aliphatic carbocycles. The van der Waals surface area contributed by atoms with Gasteiger partial charge in [0.1, 0.15) is 5.75 Å². The molecular formula is C14H22N2O2. The van der Waals surface area contributed by atoms with Crippen molar-refractivity contribution in [1.29, 1.82) is 0 Å². The number of ether oxygens (including phenoxy) is 1. The van der Waals surface area contributed by atoms with Gasteiger partial charge in [-0.15, -0.1) is 0 Å². The highest BCUT2D eigenvalue weighted by Gasteiger charge is 2.05. The van der Waals surface area contributed by atoms with Crippen molar-refractivity contribution in [2.75, 3.05) is 27.7 Å². The Morgan fingerprint density at radius 2 is 2.06 bits per heavy atom. The predicted octanol–water partition coefficient (Wildman–Crippen LogP) is 2.07. The van der Waals surface area contributed by atoms with Gasteiger partial charge >= 0.3 is 6.03 Å². The lowest BCUT2D eigenvalue weighted by Gasteiger charge is -2.13. The molecule has 0 aromatic heterocycles. The van der Waals surface area contributed by atoms with Crippen LogP contribution >= 0.6 is 0 Å². The van der Waals surface area contributed by atoms with Crippen LogP contribution in [-0.2, 0) is 12.8 Å². The molecule has 2 amide bonds. The number of hydrogen-bond donors (Lipinski definition) is 1. The second-order valence-electron chi connectivity index (χ2n) is 4.36. The normalized spacial score (nSPS) is 10.0. The minimum atomic E-state index is -0.0541. The van der Waals surface area contributed by atoms with E-state index >= 15 is 0 Å². The van der Waals surface area contributed by atoms with E-state index in [2.05, 4.69) is 24.4 Å². The van der Waals surface area contributed by atoms with Gasteiger partial charge in [0, 0.05) is 20.6 Å². The second-order valence-corrected chi connectivity index (χ2v) is 4.36. The molecule has 0 bridgehead atoms. The second kappa shape index (κ2) is 6.89. The molecule has 100 valence electrons. The number of carbonyl (C=O) groups excluding carboxylic acids is 1. The smallest absolute Gasteiger partial charge is 0.316 e. The number of benzene rings is 1. The molecule has 0 saturated heterocycles. The maximum absolute atomic E-state index is 11.4. The monoisotopic (exact) mass is 250 g/mol. The maximum Gasteiger partial charge on any atom is 0.316 e. The first-order chi connectivity index (χ1) is 8.58. The Balaban J connectivity index is 2.59. The van der Waals surface area contributed by atoms with E-state index in [0.29, 0.717) is 6.54 Å². The number of hydrogen-bond acceptors (Lipinski definition) is 2. The molecule has 1 rings (SSSR count). The van der Waals surface area contributed by atoms with E-state index in [0.717, 1.165) is 18.6 Å². The lowest BCUT2D eigenvalue weighted by atomic mass is 10.0. The van der Waals surface area contributed by atoms with Crippen molar-refractivity contribution >= 4 is 6.03 Å². The summed E-state index contributed by atoms with van der Waals surface area (Å²) in [7, 11) is 5.14. The van der Waals surface area contributed by atoms with Gasteiger partial charge in [0.2, 0.25) is 0 Å². The molecule has 0 radical (unpaired) electrons. The largest absolute Gasteiger partial charge is 0.497 e. The van der Waals surface area contributed by atoms with Gasteiger partial charge in [-0.25, -0.2) is 4.79 Å². The molecular weight excluding hydrogens is 228 g/mol. The fraction of sp³-hybridized carbons (Fsp3) is 0.500. The number of nitrogens with one attached hydrogen (secondary N) is 1. The average molecular weight is 250 g/mol. The molecule has 4 nitrogen and oxygen atoms in total. The molecule has 4 heteroatoms. The highest BCUT2D eigenvalue weighted by atomic mass is 16.5. The zero-order valence-corrected chi connectivity index (χ0v) is 11.6. The minimum absolute atomic E-state index is 0.0541. The van der Waals surface area contributed by atoms with Crippen LogP contribution in [0.25, 0.3) is 0 Å². The molecule has 0 aliphatic rings. The topological polar surface area (TPSA) is 41.6 Å². The third-order valence-corrected chi connectivity index (χ3v) is 2.87. The summed E-state index contributed by atoms with van der Waals surface area (Å²) in [4.78, 5) is 12.9. The first-order valence-corrected chi connectivity index (χ1v) is 6.19. The molecule has 0 spiro atoms. The summed E-state index contributed by atoms with van der Waals surface area (Å²) in [6, 6.07) is 6.03. The van der Waals surface area contributed by atoms with Gasteiger partial charge < -0.3 is 15.0 Å². The van der Waals surface area contributed by atoms with Crippen LogP contribution in [0.4, 0.5) is 4.79 Å². The summed E-state index contributed by atoms with van der Waals surface area (Å²) < 4.78 is 5.21. The van der Waals surface area contributed by atoms with Crippen molar-refractivity contribution in [3.8, 4) is 5.75 Å². The van der Waals surface area contributed by atoms with Crippen LogP contribution in [-0.4, -0.2) is 38.7 Å². The minimum Gasteiger partial charge on any atom is -0.497 e. The van der Waals surface area contributed by atoms with Gasteiger partial charge in [-0.05, 0) is 36.1 Å². The summed E-state index contributed by atoms with van der Waals surface area (Å²) in [6.45, 7) is 2.77. The quantitative estimate of drug-likeness (QED) is 0.869. The van der Waals surface area contributed by atoms with E-state index in [1.165, 1.54) is 16.0 Å². The number of methoxy groups -OCH3 is 1. The third kappa shape index (κ3) is 3.95. The Bertz CT molecular complexity index is 403. The fourth-order valence-corrected chi connectivity index (χ4v) is 1.76. The highest BCUT2D eigenvalue weighted by molar-refractivity contribution is 5.73. The molecule has 0 fully saturated rings. The SMILES string of the molecule is CCc1cc(OC)ccc1CCNC(=O)N(C)C. The molecule has 1 N–H and O–H groups in total. The average Bonchev–Trinajstić information content (AvgIpc) is 2.38. The summed E-state index contributed by atoms with van der Waals surface area (Å²) in [5.74, 6) is 0.882. The van der Waals surface area contributed by atoms with E-state index in [1.807, 2.05) is 6.07 Å². The molecule has 0 heterocycles. The van der Waals surface area contributed by atoms with Crippen molar-refractivity contribution in [2.45, 2.75) is 19.8 Å². The van der Waals surface area contributed by atoms with Crippen LogP contribution < -0.4 is 10.1 Å². The first kappa shape index (κ1) is 14.4. The molecule has 0 saturated carbocycles. The first-order valence-electron chi connectivity index (χ1n) is 6.19. The van der Waals surface area contributed by atoms with E-state index in [-0.39, 0.29) is 6.03 Å². The zero-order chi connectivity index (χ0) is 13.5. The Labute approximate surface area is 109 Å². The summed E-state index contributed by atoms with van der Waals surface area (Å²) >= 11 is 0. The molecule has 0 atom stereocenters. The van der Waals surface area contributed by atoms with Crippen molar-refractivity contribution in [2.24, 2.45) is 0 Å². The summed E-state index contributed by atoms with van der Waals surface area (Å²) in [5, 5.41) is 2.87. The molecule has 0 aliphatic heterocycles. The Morgan fingerprint density at radius 1 is 1.33 bits per heavy atom. The van der Waals surface area contributed by atoms with Gasteiger partial charge in [0.25, 0.3) is 0 Å². The fourth-order valence-electron chi connectivity index (χ4n) is 1.76. The molecule has 18 heavy (non-hydrogen) atoms. The van der Waals surface area contributed by atoms with Crippen molar-refractivity contribution < 1.29 is 9.53 Å². The van der Waals surface area contributed by atoms with Gasteiger partial charge in [-0.3, -0.25) is 0 Å². The van der Waals surface area contributed by atoms with Gasteiger partial charge in [0.15, 0.2) is 0 Å². The predicted molar refractivity (Wildman–Crippen MR) is 73.2 cm³/mol. The lowest BCUT2D eigenvalue weighted by molar-refractivity contribution is 0.217. The van der Waals surface area contributed by atoms with E-state index in [1.54, 1.807) is 21.2 Å². The number of nitrogens with zero attached hydrogens (tertiary/aromatic N) is 1. The Morgan fingerprint density at radius 3 is 2.61 bits per heavy atom. The zero-order valence-electron chi connectivity index (χ0n) is 11.6. The van der Waals surface area contributed by atoms with Crippen LogP contribution in [0.5, 0.6) is 5.75 Å². The Kier molecular flexibility index (Phi) is 5.49. The van der Waals surface area contributed by atoms with E-state index < -0.39 is 0 Å². The maximum atomic E-state index is 11.4. The standard InChI is InChI=1S/C14H22N2O2/c1-5-11-10-13(18-4)7-6-12(11)8-9-15-14(17)16(2)3/h6-7,10H,5,8-9H2,1-4H3,(H,15,17). The van der Waals surface area contributed by atoms with Crippen LogP contribution in [0.1, 0.15) is 18.1 Å². The van der Waals surface area contributed by atoms with Crippen LogP contribution in [0.15, 0.2) is 18.2 Å². The summed E-state index contributed by atoms with van der Waals surface area (Å²) in [5.41, 5.74) is 2.53. The van der Waals surface area contributed by atoms with Crippen molar-refractivity contribution in [3.63, 3.8) is 0 Å². The van der Waals surface area contributed by atoms with Gasteiger partial charge in [-0.1, -0.05) is 13.0 Å². The lowest BCUT2D eigenvalue weighted by Crippen LogP contribution is -2.35. The molecule has 1 aromatic rings. The molecule has 1 aromatic carbocycles. The number of rotatable bonds is 5. The Hall–Kier alpha value is -1.71. The van der Waals surface area contributed by atoms with Crippen LogP contribution in [0, 0.1) is 0 Å². The van der Waals surface area contributed by atoms with E-state index in [4.69, 9.17) is 4.74 Å². The van der Waals surface area contributed by atoms with Gasteiger partial charge in [-0.2, -0.15) is 0 Å². The summed E-state index contributed by atoms with van der Waals surface area (Å²) in [6.07, 6.45) is 1.81. The third-order valence-electron chi connectivity index (χ3n) is 2.87. The van der Waals surface area contributed by atoms with Crippen molar-refractivity contribution in [3.05, 3.63) is 29.3 Å². The molecule has 0 unspecified atom stereocenters. The number of amides is 2.